The lowest BCUT2D eigenvalue weighted by atomic mass is 10.2. The minimum Gasteiger partial charge on any atom is -0.495 e. The first-order valence-electron chi connectivity index (χ1n) is 8.74. The van der Waals surface area contributed by atoms with Crippen LogP contribution < -0.4 is 15.4 Å². The summed E-state index contributed by atoms with van der Waals surface area (Å²) in [5, 5.41) is 15.5. The molecule has 1 aromatic heterocycles. The number of ether oxygens (including phenoxy) is 1. The van der Waals surface area contributed by atoms with Gasteiger partial charge < -0.3 is 19.9 Å². The van der Waals surface area contributed by atoms with Crippen LogP contribution in [-0.2, 0) is 20.1 Å². The van der Waals surface area contributed by atoms with E-state index < -0.39 is 0 Å². The van der Waals surface area contributed by atoms with Crippen molar-refractivity contribution in [3.05, 3.63) is 40.4 Å². The fourth-order valence-corrected chi connectivity index (χ4v) is 2.58. The summed E-state index contributed by atoms with van der Waals surface area (Å²) in [6.07, 6.45) is 2.20. The second-order valence-electron chi connectivity index (χ2n) is 5.99. The average Bonchev–Trinajstić information content (AvgIpc) is 2.95. The van der Waals surface area contributed by atoms with Crippen LogP contribution in [0.25, 0.3) is 0 Å². The van der Waals surface area contributed by atoms with E-state index in [9.17, 15) is 0 Å². The van der Waals surface area contributed by atoms with Gasteiger partial charge in [-0.15, -0.1) is 34.2 Å². The zero-order valence-electron chi connectivity index (χ0n) is 16.3. The molecule has 9 heteroatoms. The predicted octanol–water partition coefficient (Wildman–Crippen LogP) is 3.44. The number of hydrogen-bond donors (Lipinski definition) is 2. The second kappa shape index (κ2) is 12.0. The van der Waals surface area contributed by atoms with Gasteiger partial charge in [-0.25, -0.2) is 4.99 Å². The smallest absolute Gasteiger partial charge is 0.191 e. The molecular formula is C18H28ClIN6O. The maximum absolute atomic E-state index is 6.19. The molecule has 1 heterocycles. The summed E-state index contributed by atoms with van der Waals surface area (Å²) in [5.74, 6) is 3.15. The van der Waals surface area contributed by atoms with Gasteiger partial charge in [0.15, 0.2) is 11.8 Å². The molecule has 2 rings (SSSR count). The fourth-order valence-electron chi connectivity index (χ4n) is 2.30. The summed E-state index contributed by atoms with van der Waals surface area (Å²) in [4.78, 5) is 4.65. The summed E-state index contributed by atoms with van der Waals surface area (Å²) in [7, 11) is 3.56. The zero-order valence-corrected chi connectivity index (χ0v) is 19.3. The molecule has 0 aliphatic heterocycles. The monoisotopic (exact) mass is 506 g/mol. The number of rotatable bonds is 8. The molecule has 1 aromatic carbocycles. The van der Waals surface area contributed by atoms with Crippen LogP contribution in [0.5, 0.6) is 5.75 Å². The Morgan fingerprint density at radius 2 is 2.07 bits per heavy atom. The highest BCUT2D eigenvalue weighted by atomic mass is 127. The Labute approximate surface area is 183 Å². The van der Waals surface area contributed by atoms with Gasteiger partial charge in [-0.05, 0) is 31.0 Å². The summed E-state index contributed by atoms with van der Waals surface area (Å²) >= 11 is 6.19. The van der Waals surface area contributed by atoms with Gasteiger partial charge in [-0.2, -0.15) is 0 Å². The Bertz CT molecular complexity index is 749. The Morgan fingerprint density at radius 1 is 1.30 bits per heavy atom. The highest BCUT2D eigenvalue weighted by Gasteiger charge is 2.07. The molecule has 150 valence electrons. The van der Waals surface area contributed by atoms with Crippen LogP contribution in [0.3, 0.4) is 0 Å². The van der Waals surface area contributed by atoms with Crippen LogP contribution in [0.2, 0.25) is 5.02 Å². The van der Waals surface area contributed by atoms with Crippen LogP contribution in [0.1, 0.15) is 37.0 Å². The number of aryl methyl sites for hydroxylation is 1. The number of benzene rings is 1. The van der Waals surface area contributed by atoms with Crippen molar-refractivity contribution in [3.8, 4) is 5.75 Å². The maximum Gasteiger partial charge on any atom is 0.191 e. The lowest BCUT2D eigenvalue weighted by Gasteiger charge is -2.12. The minimum atomic E-state index is 0. The van der Waals surface area contributed by atoms with Gasteiger partial charge in [0.25, 0.3) is 0 Å². The van der Waals surface area contributed by atoms with E-state index >= 15 is 0 Å². The van der Waals surface area contributed by atoms with E-state index in [4.69, 9.17) is 16.3 Å². The van der Waals surface area contributed by atoms with Crippen LogP contribution in [-0.4, -0.2) is 34.4 Å². The highest BCUT2D eigenvalue weighted by Crippen LogP contribution is 2.25. The topological polar surface area (TPSA) is 76.4 Å². The Hall–Kier alpha value is -1.55. The number of halogens is 2. The first kappa shape index (κ1) is 23.5. The molecule has 0 unspecified atom stereocenters. The molecular weight excluding hydrogens is 479 g/mol. The van der Waals surface area contributed by atoms with Gasteiger partial charge >= 0.3 is 0 Å². The number of nitrogens with zero attached hydrogens (tertiary/aromatic N) is 4. The lowest BCUT2D eigenvalue weighted by Crippen LogP contribution is -2.38. The van der Waals surface area contributed by atoms with E-state index in [0.717, 1.165) is 42.6 Å². The third-order valence-corrected chi connectivity index (χ3v) is 4.35. The predicted molar refractivity (Wildman–Crippen MR) is 120 cm³/mol. The number of unbranched alkanes of at least 4 members (excludes halogenated alkanes) is 1. The normalized spacial score (nSPS) is 11.1. The van der Waals surface area contributed by atoms with E-state index in [1.54, 1.807) is 7.11 Å². The molecule has 0 amide bonds. The Kier molecular flexibility index (Phi) is 10.5. The molecule has 0 saturated carbocycles. The van der Waals surface area contributed by atoms with Gasteiger partial charge in [0.1, 0.15) is 11.6 Å². The number of methoxy groups -OCH3 is 1. The van der Waals surface area contributed by atoms with Crippen LogP contribution in [0.4, 0.5) is 0 Å². The third kappa shape index (κ3) is 7.17. The van der Waals surface area contributed by atoms with E-state index in [1.165, 1.54) is 0 Å². The van der Waals surface area contributed by atoms with E-state index in [0.29, 0.717) is 23.9 Å². The second-order valence-corrected chi connectivity index (χ2v) is 6.40. The number of guanidine groups is 1. The van der Waals surface area contributed by atoms with Gasteiger partial charge in [-0.3, -0.25) is 0 Å². The molecule has 2 N–H and O–H groups in total. The summed E-state index contributed by atoms with van der Waals surface area (Å²) in [6, 6.07) is 5.69. The molecule has 0 aliphatic carbocycles. The molecule has 0 fully saturated rings. The van der Waals surface area contributed by atoms with Crippen molar-refractivity contribution < 1.29 is 4.74 Å². The first-order valence-corrected chi connectivity index (χ1v) is 9.12. The number of hydrogen-bond acceptors (Lipinski definition) is 4. The zero-order chi connectivity index (χ0) is 18.9. The van der Waals surface area contributed by atoms with Crippen molar-refractivity contribution in [1.29, 1.82) is 0 Å². The van der Waals surface area contributed by atoms with Crippen molar-refractivity contribution in [2.24, 2.45) is 12.0 Å². The van der Waals surface area contributed by atoms with Crippen LogP contribution in [0.15, 0.2) is 23.2 Å². The first-order chi connectivity index (χ1) is 12.5. The van der Waals surface area contributed by atoms with Gasteiger partial charge in [0.2, 0.25) is 0 Å². The van der Waals surface area contributed by atoms with Gasteiger partial charge in [0, 0.05) is 13.6 Å². The number of nitrogens with one attached hydrogen (secondary N) is 2. The van der Waals surface area contributed by atoms with Crippen molar-refractivity contribution in [3.63, 3.8) is 0 Å². The molecule has 0 spiro atoms. The van der Waals surface area contributed by atoms with E-state index in [2.05, 4.69) is 32.7 Å². The molecule has 2 aromatic rings. The quantitative estimate of drug-likeness (QED) is 0.248. The van der Waals surface area contributed by atoms with E-state index in [1.807, 2.05) is 36.7 Å². The van der Waals surface area contributed by atoms with Crippen LogP contribution >= 0.6 is 35.6 Å². The van der Waals surface area contributed by atoms with Gasteiger partial charge in [0.05, 0.1) is 25.2 Å². The SMILES string of the molecule is CCCCNC(=NCc1ccc(OC)c(Cl)c1)NCc1nnc(C)n1C.I. The highest BCUT2D eigenvalue weighted by molar-refractivity contribution is 14.0. The number of aliphatic imine (C=N–C) groups is 1. The van der Waals surface area contributed by atoms with Crippen LogP contribution in [0, 0.1) is 6.92 Å². The summed E-state index contributed by atoms with van der Waals surface area (Å²) in [6.45, 7) is 6.03. The fraction of sp³-hybridized carbons (Fsp3) is 0.500. The average molecular weight is 507 g/mol. The van der Waals surface area contributed by atoms with Crippen molar-refractivity contribution in [2.45, 2.75) is 39.8 Å². The molecule has 0 radical (unpaired) electrons. The Morgan fingerprint density at radius 3 is 2.67 bits per heavy atom. The molecule has 0 aliphatic rings. The third-order valence-electron chi connectivity index (χ3n) is 4.06. The minimum absolute atomic E-state index is 0. The Balaban J connectivity index is 0.00000364. The van der Waals surface area contributed by atoms with Crippen molar-refractivity contribution in [2.75, 3.05) is 13.7 Å². The summed E-state index contributed by atoms with van der Waals surface area (Å²) in [5.41, 5.74) is 1.02. The van der Waals surface area contributed by atoms with Gasteiger partial charge in [-0.1, -0.05) is 31.0 Å². The van der Waals surface area contributed by atoms with Crippen molar-refractivity contribution >= 4 is 41.5 Å². The number of aromatic nitrogens is 3. The van der Waals surface area contributed by atoms with Crippen molar-refractivity contribution in [1.82, 2.24) is 25.4 Å². The largest absolute Gasteiger partial charge is 0.495 e. The molecule has 27 heavy (non-hydrogen) atoms. The lowest BCUT2D eigenvalue weighted by molar-refractivity contribution is 0.415. The molecule has 0 saturated heterocycles. The molecule has 7 nitrogen and oxygen atoms in total. The van der Waals surface area contributed by atoms with E-state index in [-0.39, 0.29) is 24.0 Å². The standard InChI is InChI=1S/C18H27ClN6O.HI/c1-5-6-9-20-18(22-12-17-24-23-13(2)25(17)3)21-11-14-7-8-16(26-4)15(19)10-14;/h7-8,10H,5-6,9,11-12H2,1-4H3,(H2,20,21,22);1H. The molecule has 0 atom stereocenters. The maximum atomic E-state index is 6.19. The summed E-state index contributed by atoms with van der Waals surface area (Å²) < 4.78 is 7.14. The molecule has 0 bridgehead atoms.